The second-order valence-corrected chi connectivity index (χ2v) is 5.20. The fourth-order valence-corrected chi connectivity index (χ4v) is 2.57. The molecule has 98 valence electrons. The number of carbonyl (C=O) groups is 2. The fraction of sp³-hybridized carbons (Fsp3) is 0.545. The van der Waals surface area contributed by atoms with Crippen LogP contribution in [0.25, 0.3) is 0 Å². The summed E-state index contributed by atoms with van der Waals surface area (Å²) in [6.07, 6.45) is 1.38. The molecule has 1 fully saturated rings. The molecule has 2 N–H and O–H groups in total. The molecule has 6 nitrogen and oxygen atoms in total. The molecule has 1 aliphatic rings. The Bertz CT molecular complexity index is 460. The van der Waals surface area contributed by atoms with E-state index in [4.69, 9.17) is 5.11 Å². The van der Waals surface area contributed by atoms with Gasteiger partial charge in [0.25, 0.3) is 0 Å². The molecule has 7 heteroatoms. The minimum Gasteiger partial charge on any atom is -0.476 e. The maximum absolute atomic E-state index is 11.3. The Morgan fingerprint density at radius 2 is 2.50 bits per heavy atom. The van der Waals surface area contributed by atoms with Gasteiger partial charge in [-0.25, -0.2) is 9.78 Å². The van der Waals surface area contributed by atoms with E-state index >= 15 is 0 Å². The van der Waals surface area contributed by atoms with Gasteiger partial charge >= 0.3 is 5.97 Å². The Morgan fingerprint density at radius 1 is 1.72 bits per heavy atom. The molecule has 1 amide bonds. The number of thiazole rings is 1. The van der Waals surface area contributed by atoms with E-state index in [2.05, 4.69) is 10.3 Å². The molecule has 18 heavy (non-hydrogen) atoms. The molecule has 1 aliphatic heterocycles. The van der Waals surface area contributed by atoms with E-state index in [9.17, 15) is 9.59 Å². The number of carboxylic acid groups (broad SMARTS) is 1. The van der Waals surface area contributed by atoms with Crippen LogP contribution >= 0.6 is 11.3 Å². The summed E-state index contributed by atoms with van der Waals surface area (Å²) in [7, 11) is 1.79. The Morgan fingerprint density at radius 3 is 3.11 bits per heavy atom. The number of aromatic nitrogens is 1. The number of carbonyl (C=O) groups excluding carboxylic acids is 1. The molecule has 0 spiro atoms. The molecule has 1 aromatic rings. The predicted octanol–water partition coefficient (Wildman–Crippen LogP) is 0.552. The first kappa shape index (κ1) is 13.0. The van der Waals surface area contributed by atoms with E-state index in [1.54, 1.807) is 17.3 Å². The lowest BCUT2D eigenvalue weighted by molar-refractivity contribution is -0.132. The summed E-state index contributed by atoms with van der Waals surface area (Å²) < 4.78 is 0. The number of hydrogen-bond donors (Lipinski definition) is 2. The van der Waals surface area contributed by atoms with Crippen molar-refractivity contribution < 1.29 is 14.7 Å². The molecule has 0 saturated carbocycles. The first-order valence-electron chi connectivity index (χ1n) is 5.71. The number of likely N-dealkylation sites (N-methyl/N-ethyl adjacent to an activating group) is 1. The number of amides is 1. The van der Waals surface area contributed by atoms with Crippen LogP contribution in [0.2, 0.25) is 0 Å². The highest BCUT2D eigenvalue weighted by Gasteiger charge is 2.22. The van der Waals surface area contributed by atoms with Gasteiger partial charge in [0.1, 0.15) is 0 Å². The lowest BCUT2D eigenvalue weighted by Gasteiger charge is -2.30. The van der Waals surface area contributed by atoms with Gasteiger partial charge in [0, 0.05) is 38.0 Å². The van der Waals surface area contributed by atoms with Crippen molar-refractivity contribution in [3.8, 4) is 0 Å². The third kappa shape index (κ3) is 3.05. The number of nitrogens with zero attached hydrogens (tertiary/aromatic N) is 2. The number of rotatable bonds is 4. The van der Waals surface area contributed by atoms with Crippen molar-refractivity contribution in [3.63, 3.8) is 0 Å². The predicted molar refractivity (Wildman–Crippen MR) is 66.6 cm³/mol. The van der Waals surface area contributed by atoms with E-state index in [1.165, 1.54) is 0 Å². The number of nitrogens with one attached hydrogen (secondary N) is 1. The number of likely N-dealkylation sites (tertiary alicyclic amines) is 1. The molecule has 1 unspecified atom stereocenters. The molecule has 0 radical (unpaired) electrons. The molecule has 1 atom stereocenters. The zero-order valence-corrected chi connectivity index (χ0v) is 10.9. The number of piperidine rings is 1. The van der Waals surface area contributed by atoms with Crippen LogP contribution in [-0.4, -0.2) is 46.5 Å². The third-order valence-electron chi connectivity index (χ3n) is 2.93. The second kappa shape index (κ2) is 5.45. The zero-order chi connectivity index (χ0) is 13.1. The summed E-state index contributed by atoms with van der Waals surface area (Å²) in [6.45, 7) is 1.23. The highest BCUT2D eigenvalue weighted by molar-refractivity contribution is 7.11. The summed E-state index contributed by atoms with van der Waals surface area (Å²) in [5, 5.41) is 13.9. The van der Waals surface area contributed by atoms with E-state index in [0.717, 1.165) is 23.5 Å². The average molecular weight is 269 g/mol. The van der Waals surface area contributed by atoms with Gasteiger partial charge in [0.15, 0.2) is 0 Å². The maximum atomic E-state index is 11.3. The standard InChI is InChI=1S/C11H15N3O3S/c1-14-5-7(2-3-9(14)15)12-4-8-6-18-10(13-8)11(16)17/h6-7,12H,2-5H2,1H3,(H,16,17). The van der Waals surface area contributed by atoms with Crippen LogP contribution in [0.5, 0.6) is 0 Å². The van der Waals surface area contributed by atoms with Gasteiger partial charge in [-0.15, -0.1) is 11.3 Å². The summed E-state index contributed by atoms with van der Waals surface area (Å²) in [5.41, 5.74) is 0.733. The van der Waals surface area contributed by atoms with Crippen LogP contribution in [0.15, 0.2) is 5.38 Å². The number of hydrogen-bond acceptors (Lipinski definition) is 5. The molecule has 2 heterocycles. The molecular formula is C11H15N3O3S. The summed E-state index contributed by atoms with van der Waals surface area (Å²) >= 11 is 1.13. The summed E-state index contributed by atoms with van der Waals surface area (Å²) in [6, 6.07) is 0.252. The van der Waals surface area contributed by atoms with Crippen LogP contribution in [-0.2, 0) is 11.3 Å². The van der Waals surface area contributed by atoms with Crippen molar-refractivity contribution in [2.75, 3.05) is 13.6 Å². The van der Waals surface area contributed by atoms with Gasteiger partial charge in [0.2, 0.25) is 10.9 Å². The minimum atomic E-state index is -0.991. The highest BCUT2D eigenvalue weighted by atomic mass is 32.1. The van der Waals surface area contributed by atoms with Gasteiger partial charge in [-0.2, -0.15) is 0 Å². The first-order chi connectivity index (χ1) is 8.56. The van der Waals surface area contributed by atoms with Crippen molar-refractivity contribution >= 4 is 23.2 Å². The Balaban J connectivity index is 1.84. The van der Waals surface area contributed by atoms with E-state index in [0.29, 0.717) is 19.5 Å². The molecule has 1 saturated heterocycles. The van der Waals surface area contributed by atoms with Crippen LogP contribution in [0, 0.1) is 0 Å². The van der Waals surface area contributed by atoms with Crippen molar-refractivity contribution in [2.45, 2.75) is 25.4 Å². The second-order valence-electron chi connectivity index (χ2n) is 4.34. The van der Waals surface area contributed by atoms with Gasteiger partial charge in [0.05, 0.1) is 5.69 Å². The number of carboxylic acids is 1. The van der Waals surface area contributed by atoms with Gasteiger partial charge < -0.3 is 15.3 Å². The Kier molecular flexibility index (Phi) is 3.93. The largest absolute Gasteiger partial charge is 0.476 e. The quantitative estimate of drug-likeness (QED) is 0.834. The molecule has 0 aliphatic carbocycles. The SMILES string of the molecule is CN1CC(NCc2csc(C(=O)O)n2)CCC1=O. The van der Waals surface area contributed by atoms with Crippen LogP contribution < -0.4 is 5.32 Å². The van der Waals surface area contributed by atoms with E-state index in [-0.39, 0.29) is 17.0 Å². The van der Waals surface area contributed by atoms with Crippen LogP contribution in [0.4, 0.5) is 0 Å². The Hall–Kier alpha value is -1.47. The zero-order valence-electron chi connectivity index (χ0n) is 10.0. The lowest BCUT2D eigenvalue weighted by atomic mass is 10.1. The van der Waals surface area contributed by atoms with Crippen LogP contribution in [0.3, 0.4) is 0 Å². The van der Waals surface area contributed by atoms with E-state index in [1.807, 2.05) is 0 Å². The minimum absolute atomic E-state index is 0.114. The van der Waals surface area contributed by atoms with Crippen molar-refractivity contribution in [3.05, 3.63) is 16.1 Å². The molecular weight excluding hydrogens is 254 g/mol. The Labute approximate surface area is 109 Å². The van der Waals surface area contributed by atoms with Gasteiger partial charge in [-0.05, 0) is 6.42 Å². The summed E-state index contributed by atoms with van der Waals surface area (Å²) in [5.74, 6) is -0.816. The normalized spacial score (nSPS) is 20.2. The molecule has 2 rings (SSSR count). The van der Waals surface area contributed by atoms with Crippen LogP contribution in [0.1, 0.15) is 28.3 Å². The monoisotopic (exact) mass is 269 g/mol. The van der Waals surface area contributed by atoms with Gasteiger partial charge in [-0.3, -0.25) is 4.79 Å². The lowest BCUT2D eigenvalue weighted by Crippen LogP contribution is -2.46. The molecule has 1 aromatic heterocycles. The van der Waals surface area contributed by atoms with E-state index < -0.39 is 5.97 Å². The highest BCUT2D eigenvalue weighted by Crippen LogP contribution is 2.12. The van der Waals surface area contributed by atoms with Crippen molar-refractivity contribution in [2.24, 2.45) is 0 Å². The van der Waals surface area contributed by atoms with Gasteiger partial charge in [-0.1, -0.05) is 0 Å². The first-order valence-corrected chi connectivity index (χ1v) is 6.59. The third-order valence-corrected chi connectivity index (χ3v) is 3.81. The topological polar surface area (TPSA) is 82.5 Å². The van der Waals surface area contributed by atoms with Crippen molar-refractivity contribution in [1.82, 2.24) is 15.2 Å². The average Bonchev–Trinajstić information content (AvgIpc) is 2.79. The fourth-order valence-electron chi connectivity index (χ4n) is 1.91. The molecule has 0 bridgehead atoms. The summed E-state index contributed by atoms with van der Waals surface area (Å²) in [4.78, 5) is 27.7. The smallest absolute Gasteiger partial charge is 0.365 e. The van der Waals surface area contributed by atoms with Crippen molar-refractivity contribution in [1.29, 1.82) is 0 Å². The molecule has 0 aromatic carbocycles. The maximum Gasteiger partial charge on any atom is 0.365 e. The number of aromatic carboxylic acids is 1.